The van der Waals surface area contributed by atoms with E-state index in [0.29, 0.717) is 44.6 Å². The monoisotopic (exact) mass is 466 g/mol. The molecule has 0 radical (unpaired) electrons. The Bertz CT molecular complexity index is 985. The minimum Gasteiger partial charge on any atom is -0.494 e. The fraction of sp³-hybridized carbons (Fsp3) is 0.423. The molecule has 0 aromatic heterocycles. The Labute approximate surface area is 201 Å². The minimum atomic E-state index is -0.639. The lowest BCUT2D eigenvalue weighted by Gasteiger charge is -2.33. The van der Waals surface area contributed by atoms with Crippen LogP contribution in [0.1, 0.15) is 37.8 Å². The third-order valence-corrected chi connectivity index (χ3v) is 5.92. The first-order valence-corrected chi connectivity index (χ1v) is 11.8. The van der Waals surface area contributed by atoms with E-state index in [1.54, 1.807) is 4.90 Å². The molecule has 1 aliphatic rings. The molecule has 0 unspecified atom stereocenters. The lowest BCUT2D eigenvalue weighted by molar-refractivity contribution is -0.128. The number of urea groups is 1. The van der Waals surface area contributed by atoms with Crippen LogP contribution in [0.5, 0.6) is 5.75 Å². The van der Waals surface area contributed by atoms with Gasteiger partial charge < -0.3 is 25.6 Å². The first kappa shape index (κ1) is 25.1. The predicted molar refractivity (Wildman–Crippen MR) is 132 cm³/mol. The van der Waals surface area contributed by atoms with E-state index in [-0.39, 0.29) is 23.9 Å². The maximum atomic E-state index is 13.0. The van der Waals surface area contributed by atoms with E-state index in [0.717, 1.165) is 16.9 Å². The van der Waals surface area contributed by atoms with Gasteiger partial charge >= 0.3 is 6.03 Å². The maximum absolute atomic E-state index is 13.0. The minimum absolute atomic E-state index is 0.0462. The standard InChI is InChI=1S/C26H34N4O4/c1-4-34-23-11-9-21(10-12-23)29-26(33)30-15-13-22(14-16-30)28-25(32)24(27-19(3)31)17-20-8-6-5-7-18(20)2/h5-12,22,24H,4,13-17H2,1-3H3,(H,27,31)(H,28,32)(H,29,33)/t24-/m0/s1. The van der Waals surface area contributed by atoms with Gasteiger partial charge in [0, 0.05) is 38.2 Å². The number of aryl methyl sites for hydroxylation is 1. The van der Waals surface area contributed by atoms with Crippen LogP contribution in [-0.2, 0) is 16.0 Å². The zero-order valence-corrected chi connectivity index (χ0v) is 20.1. The number of carbonyl (C=O) groups is 3. The van der Waals surface area contributed by atoms with Crippen LogP contribution < -0.4 is 20.7 Å². The van der Waals surface area contributed by atoms with Crippen molar-refractivity contribution < 1.29 is 19.1 Å². The maximum Gasteiger partial charge on any atom is 0.321 e. The molecule has 1 fully saturated rings. The van der Waals surface area contributed by atoms with Crippen molar-refractivity contribution in [3.8, 4) is 5.75 Å². The highest BCUT2D eigenvalue weighted by Crippen LogP contribution is 2.18. The number of rotatable bonds is 8. The van der Waals surface area contributed by atoms with Gasteiger partial charge in [0.1, 0.15) is 11.8 Å². The summed E-state index contributed by atoms with van der Waals surface area (Å²) < 4.78 is 5.42. The SMILES string of the molecule is CCOc1ccc(NC(=O)N2CCC(NC(=O)[C@H](Cc3ccccc3C)NC(C)=O)CC2)cc1. The number of ether oxygens (including phenoxy) is 1. The number of likely N-dealkylation sites (tertiary alicyclic amines) is 1. The van der Waals surface area contributed by atoms with Crippen molar-refractivity contribution in [2.75, 3.05) is 25.0 Å². The zero-order chi connectivity index (χ0) is 24.5. The normalized spacial score (nSPS) is 14.7. The summed E-state index contributed by atoms with van der Waals surface area (Å²) >= 11 is 0. The van der Waals surface area contributed by atoms with E-state index in [1.807, 2.05) is 62.4 Å². The van der Waals surface area contributed by atoms with Crippen LogP contribution in [0, 0.1) is 6.92 Å². The van der Waals surface area contributed by atoms with Crippen LogP contribution >= 0.6 is 0 Å². The molecule has 4 amide bonds. The Morgan fingerprint density at radius 1 is 1.06 bits per heavy atom. The number of hydrogen-bond donors (Lipinski definition) is 3. The topological polar surface area (TPSA) is 99.8 Å². The molecule has 2 aromatic rings. The van der Waals surface area contributed by atoms with Crippen molar-refractivity contribution in [3.05, 3.63) is 59.7 Å². The van der Waals surface area contributed by atoms with Crippen LogP contribution in [0.25, 0.3) is 0 Å². The van der Waals surface area contributed by atoms with Crippen molar-refractivity contribution in [1.82, 2.24) is 15.5 Å². The highest BCUT2D eigenvalue weighted by molar-refractivity contribution is 5.89. The summed E-state index contributed by atoms with van der Waals surface area (Å²) in [4.78, 5) is 39.0. The quantitative estimate of drug-likeness (QED) is 0.556. The summed E-state index contributed by atoms with van der Waals surface area (Å²) in [5, 5.41) is 8.75. The summed E-state index contributed by atoms with van der Waals surface area (Å²) in [6.07, 6.45) is 1.74. The largest absolute Gasteiger partial charge is 0.494 e. The second-order valence-corrected chi connectivity index (χ2v) is 8.54. The van der Waals surface area contributed by atoms with Crippen molar-refractivity contribution in [1.29, 1.82) is 0 Å². The molecular formula is C26H34N4O4. The number of carbonyl (C=O) groups excluding carboxylic acids is 3. The van der Waals surface area contributed by atoms with E-state index in [4.69, 9.17) is 4.74 Å². The lowest BCUT2D eigenvalue weighted by Crippen LogP contribution is -2.53. The molecule has 0 bridgehead atoms. The first-order chi connectivity index (χ1) is 16.4. The van der Waals surface area contributed by atoms with Crippen molar-refractivity contribution >= 4 is 23.5 Å². The van der Waals surface area contributed by atoms with E-state index >= 15 is 0 Å². The summed E-state index contributed by atoms with van der Waals surface area (Å²) in [6.45, 7) is 7.00. The fourth-order valence-electron chi connectivity index (χ4n) is 4.05. The zero-order valence-electron chi connectivity index (χ0n) is 20.1. The van der Waals surface area contributed by atoms with E-state index in [2.05, 4.69) is 16.0 Å². The second kappa shape index (κ2) is 12.1. The van der Waals surface area contributed by atoms with Crippen LogP contribution in [0.15, 0.2) is 48.5 Å². The Hall–Kier alpha value is -3.55. The van der Waals surface area contributed by atoms with Crippen LogP contribution in [-0.4, -0.2) is 54.5 Å². The molecule has 1 heterocycles. The van der Waals surface area contributed by atoms with Crippen LogP contribution in [0.2, 0.25) is 0 Å². The van der Waals surface area contributed by atoms with Gasteiger partial charge in [-0.1, -0.05) is 24.3 Å². The van der Waals surface area contributed by atoms with Crippen LogP contribution in [0.3, 0.4) is 0 Å². The average molecular weight is 467 g/mol. The number of nitrogens with zero attached hydrogens (tertiary/aromatic N) is 1. The number of benzene rings is 2. The summed E-state index contributed by atoms with van der Waals surface area (Å²) in [7, 11) is 0. The molecule has 3 rings (SSSR count). The Morgan fingerprint density at radius 2 is 1.74 bits per heavy atom. The van der Waals surface area contributed by atoms with Gasteiger partial charge in [0.15, 0.2) is 0 Å². The third-order valence-electron chi connectivity index (χ3n) is 5.92. The number of nitrogens with one attached hydrogen (secondary N) is 3. The van der Waals surface area contributed by atoms with Crippen molar-refractivity contribution in [2.45, 2.75) is 52.1 Å². The van der Waals surface area contributed by atoms with Crippen molar-refractivity contribution in [3.63, 3.8) is 0 Å². The van der Waals surface area contributed by atoms with Gasteiger partial charge in [0.05, 0.1) is 6.61 Å². The predicted octanol–water partition coefficient (Wildman–Crippen LogP) is 3.25. The Balaban J connectivity index is 1.50. The summed E-state index contributed by atoms with van der Waals surface area (Å²) in [5.41, 5.74) is 2.81. The van der Waals surface area contributed by atoms with Gasteiger partial charge in [-0.2, -0.15) is 0 Å². The molecule has 8 heteroatoms. The fourth-order valence-corrected chi connectivity index (χ4v) is 4.05. The number of anilines is 1. The molecule has 0 saturated carbocycles. The molecule has 34 heavy (non-hydrogen) atoms. The van der Waals surface area contributed by atoms with Gasteiger partial charge in [-0.15, -0.1) is 0 Å². The molecular weight excluding hydrogens is 432 g/mol. The average Bonchev–Trinajstić information content (AvgIpc) is 2.81. The van der Waals surface area contributed by atoms with Gasteiger partial charge in [-0.25, -0.2) is 4.79 Å². The summed E-state index contributed by atoms with van der Waals surface area (Å²) in [5.74, 6) is 0.322. The highest BCUT2D eigenvalue weighted by atomic mass is 16.5. The Morgan fingerprint density at radius 3 is 2.35 bits per heavy atom. The van der Waals surface area contributed by atoms with Gasteiger partial charge in [0.25, 0.3) is 0 Å². The molecule has 1 saturated heterocycles. The van der Waals surface area contributed by atoms with E-state index in [9.17, 15) is 14.4 Å². The highest BCUT2D eigenvalue weighted by Gasteiger charge is 2.27. The van der Waals surface area contributed by atoms with E-state index < -0.39 is 6.04 Å². The molecule has 1 atom stereocenters. The summed E-state index contributed by atoms with van der Waals surface area (Å²) in [6, 6.07) is 14.3. The molecule has 0 spiro atoms. The second-order valence-electron chi connectivity index (χ2n) is 8.54. The molecule has 2 aromatic carbocycles. The third kappa shape index (κ3) is 7.23. The number of hydrogen-bond acceptors (Lipinski definition) is 4. The molecule has 3 N–H and O–H groups in total. The van der Waals surface area contributed by atoms with Crippen LogP contribution in [0.4, 0.5) is 10.5 Å². The van der Waals surface area contributed by atoms with Gasteiger partial charge in [-0.3, -0.25) is 9.59 Å². The smallest absolute Gasteiger partial charge is 0.321 e. The molecule has 8 nitrogen and oxygen atoms in total. The Kier molecular flexibility index (Phi) is 8.90. The lowest BCUT2D eigenvalue weighted by atomic mass is 9.99. The number of amides is 4. The van der Waals surface area contributed by atoms with Gasteiger partial charge in [-0.05, 0) is 62.1 Å². The van der Waals surface area contributed by atoms with Crippen molar-refractivity contribution in [2.24, 2.45) is 0 Å². The first-order valence-electron chi connectivity index (χ1n) is 11.8. The molecule has 182 valence electrons. The number of piperidine rings is 1. The van der Waals surface area contributed by atoms with E-state index in [1.165, 1.54) is 6.92 Å². The molecule has 0 aliphatic carbocycles. The molecule has 1 aliphatic heterocycles. The van der Waals surface area contributed by atoms with Gasteiger partial charge in [0.2, 0.25) is 11.8 Å².